The summed E-state index contributed by atoms with van der Waals surface area (Å²) < 4.78 is 0. The summed E-state index contributed by atoms with van der Waals surface area (Å²) in [6.07, 6.45) is 0. The molecule has 2 rings (SSSR count). The Morgan fingerprint density at radius 3 is 2.22 bits per heavy atom. The van der Waals surface area contributed by atoms with Crippen LogP contribution in [0.15, 0.2) is 42.5 Å². The molecule has 23 heavy (non-hydrogen) atoms. The molecule has 1 N–H and O–H groups in total. The number of para-hydroxylation sites is 2. The van der Waals surface area contributed by atoms with Crippen LogP contribution in [0.2, 0.25) is 10.0 Å². The summed E-state index contributed by atoms with van der Waals surface area (Å²) in [6, 6.07) is 12.3. The SMILES string of the molecule is CC(=O)N(CC(=O)Nc1ccccc1C)c1c(Cl)cccc1Cl. The number of hydrogen-bond acceptors (Lipinski definition) is 2. The molecule has 0 unspecified atom stereocenters. The molecule has 0 saturated heterocycles. The molecule has 0 aliphatic heterocycles. The van der Waals surface area contributed by atoms with Gasteiger partial charge in [-0.15, -0.1) is 0 Å². The number of amides is 2. The van der Waals surface area contributed by atoms with E-state index < -0.39 is 0 Å². The second-order valence-corrected chi connectivity index (χ2v) is 5.85. The monoisotopic (exact) mass is 350 g/mol. The van der Waals surface area contributed by atoms with E-state index in [9.17, 15) is 9.59 Å². The summed E-state index contributed by atoms with van der Waals surface area (Å²) in [5.74, 6) is -0.648. The van der Waals surface area contributed by atoms with E-state index in [-0.39, 0.29) is 18.4 Å². The molecule has 2 amide bonds. The van der Waals surface area contributed by atoms with Crippen molar-refractivity contribution < 1.29 is 9.59 Å². The summed E-state index contributed by atoms with van der Waals surface area (Å²) in [4.78, 5) is 25.5. The zero-order valence-corrected chi connectivity index (χ0v) is 14.3. The topological polar surface area (TPSA) is 49.4 Å². The molecular weight excluding hydrogens is 335 g/mol. The lowest BCUT2D eigenvalue weighted by molar-refractivity contribution is -0.120. The fourth-order valence-corrected chi connectivity index (χ4v) is 2.74. The van der Waals surface area contributed by atoms with Crippen molar-refractivity contribution in [2.24, 2.45) is 0 Å². The van der Waals surface area contributed by atoms with Crippen molar-refractivity contribution in [1.29, 1.82) is 0 Å². The van der Waals surface area contributed by atoms with Gasteiger partial charge in [-0.2, -0.15) is 0 Å². The van der Waals surface area contributed by atoms with Crippen molar-refractivity contribution in [2.45, 2.75) is 13.8 Å². The van der Waals surface area contributed by atoms with Crippen molar-refractivity contribution in [3.63, 3.8) is 0 Å². The van der Waals surface area contributed by atoms with E-state index in [2.05, 4.69) is 5.32 Å². The number of benzene rings is 2. The highest BCUT2D eigenvalue weighted by Crippen LogP contribution is 2.33. The Labute approximate surface area is 145 Å². The molecular formula is C17H16Cl2N2O2. The molecule has 0 aromatic heterocycles. The molecule has 0 saturated carbocycles. The third-order valence-electron chi connectivity index (χ3n) is 3.31. The second-order valence-electron chi connectivity index (χ2n) is 5.04. The van der Waals surface area contributed by atoms with Gasteiger partial charge in [-0.05, 0) is 30.7 Å². The van der Waals surface area contributed by atoms with Crippen LogP contribution in [0.4, 0.5) is 11.4 Å². The third kappa shape index (κ3) is 4.24. The summed E-state index contributed by atoms with van der Waals surface area (Å²) in [5.41, 5.74) is 1.97. The number of carbonyl (C=O) groups excluding carboxylic acids is 2. The zero-order valence-electron chi connectivity index (χ0n) is 12.8. The minimum Gasteiger partial charge on any atom is -0.324 e. The molecule has 6 heteroatoms. The van der Waals surface area contributed by atoms with E-state index in [1.807, 2.05) is 25.1 Å². The molecule has 0 atom stereocenters. The molecule has 120 valence electrons. The van der Waals surface area contributed by atoms with Gasteiger partial charge in [-0.1, -0.05) is 47.5 Å². The average Bonchev–Trinajstić information content (AvgIpc) is 2.48. The van der Waals surface area contributed by atoms with Crippen molar-refractivity contribution >= 4 is 46.4 Å². The van der Waals surface area contributed by atoms with Gasteiger partial charge in [0.25, 0.3) is 0 Å². The average molecular weight is 351 g/mol. The molecule has 0 aliphatic carbocycles. The molecule has 4 nitrogen and oxygen atoms in total. The van der Waals surface area contributed by atoms with Crippen LogP contribution in [0.5, 0.6) is 0 Å². The molecule has 0 aliphatic rings. The molecule has 0 heterocycles. The van der Waals surface area contributed by atoms with E-state index in [0.29, 0.717) is 21.4 Å². The van der Waals surface area contributed by atoms with Gasteiger partial charge in [0, 0.05) is 12.6 Å². The van der Waals surface area contributed by atoms with Crippen LogP contribution in [-0.2, 0) is 9.59 Å². The van der Waals surface area contributed by atoms with E-state index in [4.69, 9.17) is 23.2 Å². The van der Waals surface area contributed by atoms with Crippen molar-refractivity contribution in [3.8, 4) is 0 Å². The summed E-state index contributed by atoms with van der Waals surface area (Å²) in [5, 5.41) is 3.42. The first kappa shape index (κ1) is 17.3. The second kappa shape index (κ2) is 7.49. The van der Waals surface area contributed by atoms with Crippen LogP contribution < -0.4 is 10.2 Å². The van der Waals surface area contributed by atoms with Crippen LogP contribution in [0.3, 0.4) is 0 Å². The van der Waals surface area contributed by atoms with Gasteiger partial charge in [0.1, 0.15) is 6.54 Å². The standard InChI is InChI=1S/C17H16Cl2N2O2/c1-11-6-3-4-9-15(11)20-16(23)10-21(12(2)22)17-13(18)7-5-8-14(17)19/h3-9H,10H2,1-2H3,(H,20,23). The van der Waals surface area contributed by atoms with E-state index in [0.717, 1.165) is 5.56 Å². The first-order valence-corrected chi connectivity index (χ1v) is 7.73. The Balaban J connectivity index is 2.22. The largest absolute Gasteiger partial charge is 0.324 e. The smallest absolute Gasteiger partial charge is 0.244 e. The highest BCUT2D eigenvalue weighted by atomic mass is 35.5. The van der Waals surface area contributed by atoms with Crippen LogP contribution >= 0.6 is 23.2 Å². The maximum atomic E-state index is 12.3. The molecule has 0 radical (unpaired) electrons. The van der Waals surface area contributed by atoms with Crippen molar-refractivity contribution in [1.82, 2.24) is 0 Å². The zero-order chi connectivity index (χ0) is 17.0. The maximum Gasteiger partial charge on any atom is 0.244 e. The fraction of sp³-hybridized carbons (Fsp3) is 0.176. The van der Waals surface area contributed by atoms with Crippen LogP contribution in [-0.4, -0.2) is 18.4 Å². The Kier molecular flexibility index (Phi) is 5.64. The maximum absolute atomic E-state index is 12.3. The van der Waals surface area contributed by atoms with Crippen LogP contribution in [0, 0.1) is 6.92 Å². The van der Waals surface area contributed by atoms with Crippen molar-refractivity contribution in [2.75, 3.05) is 16.8 Å². The van der Waals surface area contributed by atoms with E-state index in [1.54, 1.807) is 24.3 Å². The van der Waals surface area contributed by atoms with Gasteiger partial charge in [-0.25, -0.2) is 0 Å². The number of nitrogens with one attached hydrogen (secondary N) is 1. The summed E-state index contributed by atoms with van der Waals surface area (Å²) >= 11 is 12.3. The number of anilines is 2. The lowest BCUT2D eigenvalue weighted by Gasteiger charge is -2.23. The molecule has 2 aromatic rings. The van der Waals surface area contributed by atoms with Gasteiger partial charge < -0.3 is 10.2 Å². The highest BCUT2D eigenvalue weighted by molar-refractivity contribution is 6.40. The Hall–Kier alpha value is -2.04. The summed E-state index contributed by atoms with van der Waals surface area (Å²) in [7, 11) is 0. The predicted octanol–water partition coefficient (Wildman–Crippen LogP) is 4.29. The van der Waals surface area contributed by atoms with E-state index in [1.165, 1.54) is 11.8 Å². The van der Waals surface area contributed by atoms with Gasteiger partial charge in [0.15, 0.2) is 0 Å². The van der Waals surface area contributed by atoms with Gasteiger partial charge >= 0.3 is 0 Å². The van der Waals surface area contributed by atoms with Gasteiger partial charge in [0.2, 0.25) is 11.8 Å². The lowest BCUT2D eigenvalue weighted by Crippen LogP contribution is -2.37. The number of nitrogens with zero attached hydrogens (tertiary/aromatic N) is 1. The van der Waals surface area contributed by atoms with Crippen LogP contribution in [0.25, 0.3) is 0 Å². The fourth-order valence-electron chi connectivity index (χ4n) is 2.14. The van der Waals surface area contributed by atoms with Gasteiger partial charge in [-0.3, -0.25) is 9.59 Å². The number of hydrogen-bond donors (Lipinski definition) is 1. The third-order valence-corrected chi connectivity index (χ3v) is 3.92. The first-order chi connectivity index (χ1) is 10.9. The molecule has 0 bridgehead atoms. The van der Waals surface area contributed by atoms with Crippen molar-refractivity contribution in [3.05, 3.63) is 58.1 Å². The van der Waals surface area contributed by atoms with E-state index >= 15 is 0 Å². The minimum absolute atomic E-state index is 0.173. The van der Waals surface area contributed by atoms with Crippen LogP contribution in [0.1, 0.15) is 12.5 Å². The number of carbonyl (C=O) groups is 2. The molecule has 0 fully saturated rings. The minimum atomic E-state index is -0.328. The number of aryl methyl sites for hydroxylation is 1. The number of rotatable bonds is 4. The van der Waals surface area contributed by atoms with Gasteiger partial charge in [0.05, 0.1) is 15.7 Å². The number of halogens is 2. The predicted molar refractivity (Wildman–Crippen MR) is 94.3 cm³/mol. The Morgan fingerprint density at radius 2 is 1.65 bits per heavy atom. The summed E-state index contributed by atoms with van der Waals surface area (Å²) in [6.45, 7) is 3.08. The first-order valence-electron chi connectivity index (χ1n) is 6.97. The lowest BCUT2D eigenvalue weighted by atomic mass is 10.2. The Bertz CT molecular complexity index is 727. The molecule has 2 aromatic carbocycles. The molecule has 0 spiro atoms. The normalized spacial score (nSPS) is 10.3. The highest BCUT2D eigenvalue weighted by Gasteiger charge is 2.21. The Morgan fingerprint density at radius 1 is 1.04 bits per heavy atom. The quantitative estimate of drug-likeness (QED) is 0.893.